The molecule has 2 amide bonds. The van der Waals surface area contributed by atoms with Crippen molar-refractivity contribution in [1.82, 2.24) is 9.91 Å². The van der Waals surface area contributed by atoms with Crippen LogP contribution in [0.5, 0.6) is 5.75 Å². The Morgan fingerprint density at radius 3 is 2.35 bits per heavy atom. The molecule has 192 valence electrons. The normalized spacial score (nSPS) is 15.4. The molecule has 0 N–H and O–H groups in total. The number of nitrogens with zero attached hydrogens (tertiary/aromatic N) is 3. The van der Waals surface area contributed by atoms with Gasteiger partial charge in [0.15, 0.2) is 0 Å². The maximum atomic E-state index is 13.4. The summed E-state index contributed by atoms with van der Waals surface area (Å²) in [6.07, 6.45) is -4.14. The maximum absolute atomic E-state index is 13.4. The Bertz CT molecular complexity index is 1340. The first-order chi connectivity index (χ1) is 17.6. The Labute approximate surface area is 216 Å². The van der Waals surface area contributed by atoms with Crippen molar-refractivity contribution >= 4 is 29.1 Å². The fourth-order valence-corrected chi connectivity index (χ4v) is 4.40. The lowest BCUT2D eigenvalue weighted by atomic mass is 9.97. The molecular weight excluding hydrogens is 507 g/mol. The molecule has 1 aliphatic rings. The van der Waals surface area contributed by atoms with E-state index in [9.17, 15) is 22.8 Å². The number of hydrogen-bond donors (Lipinski definition) is 0. The number of para-hydroxylation sites is 1. The second kappa shape index (κ2) is 10.6. The van der Waals surface area contributed by atoms with Crippen molar-refractivity contribution in [3.05, 3.63) is 100 Å². The molecule has 10 heteroatoms. The maximum Gasteiger partial charge on any atom is 0.416 e. The summed E-state index contributed by atoms with van der Waals surface area (Å²) in [5, 5.41) is 6.38. The summed E-state index contributed by atoms with van der Waals surface area (Å²) in [5.41, 5.74) is 1.20. The third-order valence-electron chi connectivity index (χ3n) is 6.03. The number of benzene rings is 3. The van der Waals surface area contributed by atoms with E-state index in [-0.39, 0.29) is 12.1 Å². The lowest BCUT2D eigenvalue weighted by Gasteiger charge is -2.26. The van der Waals surface area contributed by atoms with Crippen molar-refractivity contribution < 1.29 is 27.5 Å². The third kappa shape index (κ3) is 5.61. The van der Waals surface area contributed by atoms with Gasteiger partial charge in [0.2, 0.25) is 0 Å². The average Bonchev–Trinajstić information content (AvgIpc) is 3.33. The van der Waals surface area contributed by atoms with E-state index in [1.807, 2.05) is 30.3 Å². The van der Waals surface area contributed by atoms with Crippen molar-refractivity contribution in [2.75, 3.05) is 20.7 Å². The zero-order valence-electron chi connectivity index (χ0n) is 20.0. The minimum atomic E-state index is -4.51. The zero-order chi connectivity index (χ0) is 26.7. The number of likely N-dealkylation sites (N-methyl/N-ethyl adjacent to an activating group) is 1. The van der Waals surface area contributed by atoms with E-state index < -0.39 is 29.6 Å². The largest absolute Gasteiger partial charge is 0.496 e. The van der Waals surface area contributed by atoms with E-state index in [1.165, 1.54) is 19.2 Å². The Balaban J connectivity index is 1.60. The van der Waals surface area contributed by atoms with E-state index >= 15 is 0 Å². The summed E-state index contributed by atoms with van der Waals surface area (Å²) in [7, 11) is 2.94. The van der Waals surface area contributed by atoms with Gasteiger partial charge in [-0.1, -0.05) is 48.0 Å². The number of carbonyl (C=O) groups excluding carboxylic acids is 2. The zero-order valence-corrected chi connectivity index (χ0v) is 20.8. The van der Waals surface area contributed by atoms with Crippen LogP contribution in [-0.4, -0.2) is 48.1 Å². The number of hydrogen-bond acceptors (Lipinski definition) is 4. The first kappa shape index (κ1) is 26.2. The van der Waals surface area contributed by atoms with Gasteiger partial charge in [-0.2, -0.15) is 18.3 Å². The minimum absolute atomic E-state index is 0.0336. The fraction of sp³-hybridized carbons (Fsp3) is 0.222. The van der Waals surface area contributed by atoms with Gasteiger partial charge in [0, 0.05) is 35.2 Å². The van der Waals surface area contributed by atoms with Gasteiger partial charge in [0.05, 0.1) is 24.4 Å². The number of alkyl halides is 3. The van der Waals surface area contributed by atoms with Gasteiger partial charge in [-0.05, 0) is 36.4 Å². The van der Waals surface area contributed by atoms with Crippen molar-refractivity contribution in [2.45, 2.75) is 18.6 Å². The molecule has 0 aliphatic carbocycles. The first-order valence-electron chi connectivity index (χ1n) is 11.3. The molecule has 1 unspecified atom stereocenters. The molecule has 0 spiro atoms. The molecule has 0 saturated heterocycles. The standard InChI is InChI=1S/C27H23ClF3N3O3/c1-33(26(36)17-11-13-18(14-12-17)27(29,30)31)16-25(35)34-23(20-8-4-6-10-24(20)37-2)15-22(32-34)19-7-3-5-9-21(19)28/h3-14,23H,15-16H2,1-2H3. The summed E-state index contributed by atoms with van der Waals surface area (Å²) in [4.78, 5) is 27.4. The first-order valence-corrected chi connectivity index (χ1v) is 11.7. The molecule has 1 aliphatic heterocycles. The Hall–Kier alpha value is -3.85. The Kier molecular flexibility index (Phi) is 7.54. The number of halogens is 4. The number of ether oxygens (including phenoxy) is 1. The predicted octanol–water partition coefficient (Wildman–Crippen LogP) is 5.82. The molecule has 3 aromatic carbocycles. The molecule has 37 heavy (non-hydrogen) atoms. The van der Waals surface area contributed by atoms with Crippen LogP contribution in [0, 0.1) is 0 Å². The number of methoxy groups -OCH3 is 1. The fourth-order valence-electron chi connectivity index (χ4n) is 4.15. The van der Waals surface area contributed by atoms with E-state index in [2.05, 4.69) is 5.10 Å². The van der Waals surface area contributed by atoms with Crippen LogP contribution in [0.1, 0.15) is 39.5 Å². The van der Waals surface area contributed by atoms with Crippen LogP contribution >= 0.6 is 11.6 Å². The predicted molar refractivity (Wildman–Crippen MR) is 134 cm³/mol. The van der Waals surface area contributed by atoms with Crippen LogP contribution in [0.15, 0.2) is 77.9 Å². The highest BCUT2D eigenvalue weighted by molar-refractivity contribution is 6.34. The van der Waals surface area contributed by atoms with Gasteiger partial charge < -0.3 is 9.64 Å². The molecule has 1 atom stereocenters. The molecule has 0 radical (unpaired) electrons. The molecule has 3 aromatic rings. The van der Waals surface area contributed by atoms with Crippen LogP contribution in [0.2, 0.25) is 5.02 Å². The average molecular weight is 530 g/mol. The van der Waals surface area contributed by atoms with Crippen molar-refractivity contribution in [3.63, 3.8) is 0 Å². The van der Waals surface area contributed by atoms with Gasteiger partial charge >= 0.3 is 6.18 Å². The quantitative estimate of drug-likeness (QED) is 0.404. The van der Waals surface area contributed by atoms with Crippen LogP contribution in [-0.2, 0) is 11.0 Å². The summed E-state index contributed by atoms with van der Waals surface area (Å²) in [6.45, 7) is -0.342. The number of amides is 2. The molecule has 4 rings (SSSR count). The second-order valence-electron chi connectivity index (χ2n) is 8.46. The second-order valence-corrected chi connectivity index (χ2v) is 8.87. The monoisotopic (exact) mass is 529 g/mol. The third-order valence-corrected chi connectivity index (χ3v) is 6.36. The Morgan fingerprint density at radius 2 is 1.70 bits per heavy atom. The molecule has 0 aromatic heterocycles. The van der Waals surface area contributed by atoms with Gasteiger partial charge in [0.1, 0.15) is 12.3 Å². The van der Waals surface area contributed by atoms with Gasteiger partial charge in [0.25, 0.3) is 11.8 Å². The number of rotatable bonds is 6. The summed E-state index contributed by atoms with van der Waals surface area (Å²) in [5.74, 6) is -0.485. The highest BCUT2D eigenvalue weighted by Gasteiger charge is 2.36. The highest BCUT2D eigenvalue weighted by atomic mass is 35.5. The molecular formula is C27H23ClF3N3O3. The topological polar surface area (TPSA) is 62.2 Å². The smallest absolute Gasteiger partial charge is 0.416 e. The SMILES string of the molecule is COc1ccccc1C1CC(c2ccccc2Cl)=NN1C(=O)CN(C)C(=O)c1ccc(C(F)(F)F)cc1. The van der Waals surface area contributed by atoms with Crippen LogP contribution in [0.4, 0.5) is 13.2 Å². The van der Waals surface area contributed by atoms with Crippen molar-refractivity contribution in [3.8, 4) is 5.75 Å². The number of hydrazone groups is 1. The lowest BCUT2D eigenvalue weighted by molar-refractivity contribution is -0.137. The molecule has 0 saturated carbocycles. The molecule has 6 nitrogen and oxygen atoms in total. The van der Waals surface area contributed by atoms with E-state index in [0.29, 0.717) is 28.5 Å². The van der Waals surface area contributed by atoms with E-state index in [4.69, 9.17) is 16.3 Å². The minimum Gasteiger partial charge on any atom is -0.496 e. The van der Waals surface area contributed by atoms with Crippen molar-refractivity contribution in [1.29, 1.82) is 0 Å². The molecule has 0 bridgehead atoms. The molecule has 1 heterocycles. The summed E-state index contributed by atoms with van der Waals surface area (Å²) < 4.78 is 44.1. The lowest BCUT2D eigenvalue weighted by Crippen LogP contribution is -2.39. The summed E-state index contributed by atoms with van der Waals surface area (Å²) >= 11 is 6.38. The van der Waals surface area contributed by atoms with Crippen LogP contribution in [0.3, 0.4) is 0 Å². The van der Waals surface area contributed by atoms with Gasteiger partial charge in [-0.25, -0.2) is 5.01 Å². The van der Waals surface area contributed by atoms with Crippen LogP contribution < -0.4 is 4.74 Å². The van der Waals surface area contributed by atoms with Gasteiger partial charge in [-0.15, -0.1) is 0 Å². The summed E-state index contributed by atoms with van der Waals surface area (Å²) in [6, 6.07) is 17.8. The van der Waals surface area contributed by atoms with E-state index in [0.717, 1.165) is 34.7 Å². The number of carbonyl (C=O) groups is 2. The van der Waals surface area contributed by atoms with Crippen LogP contribution in [0.25, 0.3) is 0 Å². The highest BCUT2D eigenvalue weighted by Crippen LogP contribution is 2.38. The van der Waals surface area contributed by atoms with Gasteiger partial charge in [-0.3, -0.25) is 9.59 Å². The molecule has 0 fully saturated rings. The van der Waals surface area contributed by atoms with E-state index in [1.54, 1.807) is 18.2 Å². The Morgan fingerprint density at radius 1 is 1.05 bits per heavy atom. The van der Waals surface area contributed by atoms with Crippen molar-refractivity contribution in [2.24, 2.45) is 5.10 Å².